The molecule has 0 spiro atoms. The van der Waals surface area contributed by atoms with Crippen molar-refractivity contribution < 1.29 is 31.1 Å². The summed E-state index contributed by atoms with van der Waals surface area (Å²) >= 11 is 2.94. The maximum Gasteiger partial charge on any atom is 0.436 e. The lowest BCUT2D eigenvalue weighted by Crippen LogP contribution is -2.59. The van der Waals surface area contributed by atoms with Crippen LogP contribution in [0.3, 0.4) is 0 Å². The Morgan fingerprint density at radius 1 is 1.33 bits per heavy atom. The van der Waals surface area contributed by atoms with Crippen LogP contribution < -0.4 is 5.32 Å². The smallest absolute Gasteiger partial charge is 0.364 e. The normalized spacial score (nSPS) is 29.3. The molecule has 2 N–H and O–H groups in total. The lowest BCUT2D eigenvalue weighted by molar-refractivity contribution is -0.275. The van der Waals surface area contributed by atoms with Gasteiger partial charge in [-0.05, 0) is 33.6 Å². The molecular weight excluding hydrogens is 418 g/mol. The third-order valence-corrected chi connectivity index (χ3v) is 6.79. The van der Waals surface area contributed by atoms with Gasteiger partial charge < -0.3 is 10.4 Å². The van der Waals surface area contributed by atoms with Gasteiger partial charge in [0.25, 0.3) is 0 Å². The van der Waals surface area contributed by atoms with Crippen LogP contribution in [0.4, 0.5) is 17.6 Å². The van der Waals surface area contributed by atoms with Crippen LogP contribution in [0.1, 0.15) is 24.3 Å². The van der Waals surface area contributed by atoms with Gasteiger partial charge in [-0.3, -0.25) is 0 Å². The Kier molecular flexibility index (Phi) is 4.00. The fourth-order valence-electron chi connectivity index (χ4n) is 3.08. The molecule has 0 bridgehead atoms. The van der Waals surface area contributed by atoms with Gasteiger partial charge in [0.15, 0.2) is 9.84 Å². The monoisotopic (exact) mass is 429 g/mol. The Balaban J connectivity index is 2.17. The van der Waals surface area contributed by atoms with Crippen LogP contribution >= 0.6 is 15.9 Å². The Morgan fingerprint density at radius 2 is 2.00 bits per heavy atom. The molecule has 0 aliphatic carbocycles. The van der Waals surface area contributed by atoms with E-state index >= 15 is 0 Å². The van der Waals surface area contributed by atoms with Gasteiger partial charge >= 0.3 is 6.18 Å². The van der Waals surface area contributed by atoms with Crippen molar-refractivity contribution in [3.05, 3.63) is 44.7 Å². The molecule has 0 fully saturated rings. The average Bonchev–Trinajstić information content (AvgIpc) is 2.75. The van der Waals surface area contributed by atoms with E-state index in [0.29, 0.717) is 0 Å². The topological polar surface area (TPSA) is 66.4 Å². The zero-order valence-corrected chi connectivity index (χ0v) is 14.4. The average molecular weight is 430 g/mol. The number of hydrogen-bond acceptors (Lipinski definition) is 4. The number of rotatable bonds is 1. The minimum absolute atomic E-state index is 0.00614. The van der Waals surface area contributed by atoms with Crippen molar-refractivity contribution in [1.29, 1.82) is 0 Å². The summed E-state index contributed by atoms with van der Waals surface area (Å²) in [5.74, 6) is -2.16. The van der Waals surface area contributed by atoms with E-state index in [1.165, 1.54) is 12.1 Å². The lowest BCUT2D eigenvalue weighted by atomic mass is 9.85. The standard InChI is InChI=1S/C14H12BrF4NO3S/c15-9-5-7(1-2-10(9)16)8-6-13(21,14(17,18)19)20-11-3-4-24(22,23)12(8)11/h1-2,5,8,20-21H,3-4,6H2. The maximum atomic E-state index is 13.4. The highest BCUT2D eigenvalue weighted by atomic mass is 79.9. The predicted octanol–water partition coefficient (Wildman–Crippen LogP) is 2.95. The number of nitrogens with one attached hydrogen (secondary N) is 1. The molecule has 0 aromatic heterocycles. The number of alkyl halides is 3. The van der Waals surface area contributed by atoms with E-state index < -0.39 is 39.9 Å². The van der Waals surface area contributed by atoms with Crippen LogP contribution in [-0.4, -0.2) is 31.2 Å². The number of benzene rings is 1. The van der Waals surface area contributed by atoms with E-state index in [1.54, 1.807) is 0 Å². The van der Waals surface area contributed by atoms with E-state index in [2.05, 4.69) is 15.9 Å². The van der Waals surface area contributed by atoms with E-state index in [0.717, 1.165) is 6.07 Å². The molecule has 0 amide bonds. The van der Waals surface area contributed by atoms with Gasteiger partial charge in [0, 0.05) is 24.5 Å². The van der Waals surface area contributed by atoms with Crippen LogP contribution in [0.2, 0.25) is 0 Å². The Hall–Kier alpha value is -1.13. The van der Waals surface area contributed by atoms with Crippen LogP contribution in [0.5, 0.6) is 0 Å². The summed E-state index contributed by atoms with van der Waals surface area (Å²) in [7, 11) is -3.73. The minimum atomic E-state index is -4.99. The molecule has 2 atom stereocenters. The summed E-state index contributed by atoms with van der Waals surface area (Å²) in [5, 5.41) is 12.0. The first-order chi connectivity index (χ1) is 10.9. The van der Waals surface area contributed by atoms with Crippen LogP contribution in [0.25, 0.3) is 0 Å². The summed E-state index contributed by atoms with van der Waals surface area (Å²) in [6.07, 6.45) is -6.03. The van der Waals surface area contributed by atoms with Crippen molar-refractivity contribution in [3.8, 4) is 0 Å². The minimum Gasteiger partial charge on any atom is -0.364 e. The van der Waals surface area contributed by atoms with Crippen LogP contribution in [-0.2, 0) is 9.84 Å². The first kappa shape index (κ1) is 17.7. The number of allylic oxidation sites excluding steroid dienone is 2. The van der Waals surface area contributed by atoms with Crippen molar-refractivity contribution in [2.45, 2.75) is 30.7 Å². The molecule has 0 radical (unpaired) electrons. The first-order valence-electron chi connectivity index (χ1n) is 6.93. The fourth-order valence-corrected chi connectivity index (χ4v) is 5.35. The quantitative estimate of drug-likeness (QED) is 0.673. The molecule has 0 saturated heterocycles. The summed E-state index contributed by atoms with van der Waals surface area (Å²) in [4.78, 5) is -0.157. The van der Waals surface area contributed by atoms with E-state index in [1.807, 2.05) is 5.32 Å². The summed E-state index contributed by atoms with van der Waals surface area (Å²) < 4.78 is 77.7. The highest BCUT2D eigenvalue weighted by molar-refractivity contribution is 9.10. The molecule has 2 heterocycles. The number of halogens is 5. The summed E-state index contributed by atoms with van der Waals surface area (Å²) in [5.41, 5.74) is -3.19. The Morgan fingerprint density at radius 3 is 2.58 bits per heavy atom. The zero-order chi connectivity index (χ0) is 17.9. The van der Waals surface area contributed by atoms with Gasteiger partial charge in [-0.25, -0.2) is 12.8 Å². The van der Waals surface area contributed by atoms with Gasteiger partial charge in [0.1, 0.15) is 5.82 Å². The SMILES string of the molecule is O=S1(=O)CCC2=C1C(c1ccc(F)c(Br)c1)CC(O)(C(F)(F)F)N2. The van der Waals surface area contributed by atoms with E-state index in [9.17, 15) is 31.1 Å². The van der Waals surface area contributed by atoms with Gasteiger partial charge in [-0.1, -0.05) is 6.07 Å². The maximum absolute atomic E-state index is 13.4. The third kappa shape index (κ3) is 2.74. The number of sulfone groups is 1. The molecule has 3 rings (SSSR count). The third-order valence-electron chi connectivity index (χ3n) is 4.24. The number of hydrogen-bond donors (Lipinski definition) is 2. The second-order valence-electron chi connectivity index (χ2n) is 5.82. The van der Waals surface area contributed by atoms with Crippen LogP contribution in [0, 0.1) is 5.82 Å². The number of aliphatic hydroxyl groups is 1. The van der Waals surface area contributed by atoms with Crippen LogP contribution in [0.15, 0.2) is 33.3 Å². The first-order valence-corrected chi connectivity index (χ1v) is 9.37. The second-order valence-corrected chi connectivity index (χ2v) is 8.76. The largest absolute Gasteiger partial charge is 0.436 e. The molecule has 10 heteroatoms. The van der Waals surface area contributed by atoms with E-state index in [4.69, 9.17) is 0 Å². The molecule has 24 heavy (non-hydrogen) atoms. The molecule has 0 saturated carbocycles. The van der Waals surface area contributed by atoms with Gasteiger partial charge in [0.2, 0.25) is 5.72 Å². The lowest BCUT2D eigenvalue weighted by Gasteiger charge is -2.40. The molecule has 2 aliphatic heterocycles. The Bertz CT molecular complexity index is 837. The molecule has 132 valence electrons. The highest BCUT2D eigenvalue weighted by Crippen LogP contribution is 2.49. The van der Waals surface area contributed by atoms with Gasteiger partial charge in [-0.15, -0.1) is 0 Å². The molecule has 4 nitrogen and oxygen atoms in total. The van der Waals surface area contributed by atoms with Crippen molar-refractivity contribution in [2.75, 3.05) is 5.75 Å². The molecule has 1 aromatic carbocycles. The van der Waals surface area contributed by atoms with Gasteiger partial charge in [0.05, 0.1) is 15.1 Å². The van der Waals surface area contributed by atoms with E-state index in [-0.39, 0.29) is 32.8 Å². The summed E-state index contributed by atoms with van der Waals surface area (Å²) in [6.45, 7) is 0. The molecule has 2 unspecified atom stereocenters. The molecule has 2 aliphatic rings. The highest BCUT2D eigenvalue weighted by Gasteiger charge is 2.59. The second kappa shape index (κ2) is 5.43. The zero-order valence-electron chi connectivity index (χ0n) is 12.0. The van der Waals surface area contributed by atoms with Crippen molar-refractivity contribution in [2.24, 2.45) is 0 Å². The van der Waals surface area contributed by atoms with Crippen molar-refractivity contribution >= 4 is 25.8 Å². The fraction of sp³-hybridized carbons (Fsp3) is 0.429. The summed E-state index contributed by atoms with van der Waals surface area (Å²) in [6, 6.07) is 3.50. The van der Waals surface area contributed by atoms with Crippen molar-refractivity contribution in [3.63, 3.8) is 0 Å². The molecular formula is C14H12BrF4NO3S. The van der Waals surface area contributed by atoms with Gasteiger partial charge in [-0.2, -0.15) is 13.2 Å². The van der Waals surface area contributed by atoms with Crippen molar-refractivity contribution in [1.82, 2.24) is 5.32 Å². The predicted molar refractivity (Wildman–Crippen MR) is 81.0 cm³/mol. The molecule has 1 aromatic rings. The Labute approximate surface area is 143 Å².